The molecule has 0 bridgehead atoms. The van der Waals surface area contributed by atoms with E-state index in [0.29, 0.717) is 11.5 Å². The van der Waals surface area contributed by atoms with Gasteiger partial charge in [-0.3, -0.25) is 4.79 Å². The van der Waals surface area contributed by atoms with Crippen LogP contribution in [0.4, 0.5) is 5.82 Å². The predicted octanol–water partition coefficient (Wildman–Crippen LogP) is 3.83. The number of nitrogen functional groups attached to an aromatic ring is 1. The summed E-state index contributed by atoms with van der Waals surface area (Å²) in [6.07, 6.45) is 8.64. The van der Waals surface area contributed by atoms with Crippen LogP contribution >= 0.6 is 0 Å². The monoisotopic (exact) mass is 422 g/mol. The molecule has 0 radical (unpaired) electrons. The maximum absolute atomic E-state index is 12.8. The quantitative estimate of drug-likeness (QED) is 0.709. The van der Waals surface area contributed by atoms with Crippen LogP contribution in [0.1, 0.15) is 60.4 Å². The van der Waals surface area contributed by atoms with Gasteiger partial charge in [-0.05, 0) is 48.9 Å². The Bertz CT molecular complexity index is 878. The van der Waals surface area contributed by atoms with Crippen molar-refractivity contribution < 1.29 is 9.53 Å². The van der Waals surface area contributed by atoms with Crippen molar-refractivity contribution in [1.29, 1.82) is 0 Å². The minimum Gasteiger partial charge on any atom is -0.383 e. The van der Waals surface area contributed by atoms with Gasteiger partial charge in [-0.2, -0.15) is 0 Å². The molecule has 166 valence electrons. The highest BCUT2D eigenvalue weighted by Crippen LogP contribution is 2.30. The van der Waals surface area contributed by atoms with Crippen molar-refractivity contribution in [3.05, 3.63) is 47.7 Å². The lowest BCUT2D eigenvalue weighted by Gasteiger charge is -2.23. The number of aromatic nitrogens is 1. The van der Waals surface area contributed by atoms with Crippen LogP contribution in [0.25, 0.3) is 11.1 Å². The first-order valence-electron chi connectivity index (χ1n) is 11.5. The summed E-state index contributed by atoms with van der Waals surface area (Å²) < 4.78 is 5.20. The third-order valence-electron chi connectivity index (χ3n) is 6.70. The van der Waals surface area contributed by atoms with Crippen LogP contribution < -0.4 is 11.1 Å². The number of likely N-dealkylation sites (tertiary alicyclic amines) is 1. The van der Waals surface area contributed by atoms with Gasteiger partial charge in [-0.25, -0.2) is 4.98 Å². The van der Waals surface area contributed by atoms with Crippen molar-refractivity contribution in [2.24, 2.45) is 0 Å². The summed E-state index contributed by atoms with van der Waals surface area (Å²) in [5.74, 6) is 0.737. The number of hydrogen-bond donors (Lipinski definition) is 2. The molecule has 1 unspecified atom stereocenters. The number of anilines is 1. The van der Waals surface area contributed by atoms with Gasteiger partial charge in [0, 0.05) is 38.0 Å². The van der Waals surface area contributed by atoms with Gasteiger partial charge in [0.25, 0.3) is 5.91 Å². The Morgan fingerprint density at radius 1 is 1.16 bits per heavy atom. The molecular weight excluding hydrogens is 388 g/mol. The Kier molecular flexibility index (Phi) is 7.20. The molecule has 1 aromatic heterocycles. The molecule has 2 aliphatic rings. The minimum atomic E-state index is -0.113. The number of carbonyl (C=O) groups is 1. The van der Waals surface area contributed by atoms with E-state index in [-0.39, 0.29) is 17.8 Å². The summed E-state index contributed by atoms with van der Waals surface area (Å²) in [6.45, 7) is 3.98. The summed E-state index contributed by atoms with van der Waals surface area (Å²) in [6, 6.07) is 10.8. The minimum absolute atomic E-state index is 0.113. The Balaban J connectivity index is 1.43. The van der Waals surface area contributed by atoms with Crippen molar-refractivity contribution in [3.63, 3.8) is 0 Å². The fourth-order valence-corrected chi connectivity index (χ4v) is 4.80. The molecule has 6 nitrogen and oxygen atoms in total. The van der Waals surface area contributed by atoms with Gasteiger partial charge < -0.3 is 20.7 Å². The van der Waals surface area contributed by atoms with Gasteiger partial charge >= 0.3 is 0 Å². The summed E-state index contributed by atoms with van der Waals surface area (Å²) >= 11 is 0. The molecule has 2 fully saturated rings. The number of benzene rings is 1. The van der Waals surface area contributed by atoms with Crippen LogP contribution in [0.2, 0.25) is 0 Å². The zero-order valence-corrected chi connectivity index (χ0v) is 18.5. The van der Waals surface area contributed by atoms with E-state index in [1.54, 1.807) is 13.3 Å². The van der Waals surface area contributed by atoms with Gasteiger partial charge in [-0.1, -0.05) is 43.5 Å². The fraction of sp³-hybridized carbons (Fsp3) is 0.520. The molecule has 1 aliphatic carbocycles. The summed E-state index contributed by atoms with van der Waals surface area (Å²) in [5, 5.41) is 3.15. The lowest BCUT2D eigenvalue weighted by atomic mass is 9.95. The number of ether oxygens (including phenoxy) is 1. The Morgan fingerprint density at radius 3 is 2.68 bits per heavy atom. The van der Waals surface area contributed by atoms with Crippen molar-refractivity contribution in [1.82, 2.24) is 15.2 Å². The maximum Gasteiger partial charge on any atom is 0.255 e. The average molecular weight is 423 g/mol. The highest BCUT2D eigenvalue weighted by Gasteiger charge is 2.23. The molecule has 1 aromatic carbocycles. The van der Waals surface area contributed by atoms with Crippen LogP contribution in [0.15, 0.2) is 36.5 Å². The van der Waals surface area contributed by atoms with Gasteiger partial charge in [0.1, 0.15) is 5.82 Å². The zero-order chi connectivity index (χ0) is 21.6. The Morgan fingerprint density at radius 2 is 1.94 bits per heavy atom. The summed E-state index contributed by atoms with van der Waals surface area (Å²) in [7, 11) is 1.75. The van der Waals surface area contributed by atoms with Gasteiger partial charge in [-0.15, -0.1) is 0 Å². The predicted molar refractivity (Wildman–Crippen MR) is 124 cm³/mol. The summed E-state index contributed by atoms with van der Waals surface area (Å²) in [4.78, 5) is 19.6. The number of nitrogens with two attached hydrogens (primary N) is 1. The average Bonchev–Trinajstić information content (AvgIpc) is 3.28. The fourth-order valence-electron chi connectivity index (χ4n) is 4.80. The molecule has 1 saturated carbocycles. The van der Waals surface area contributed by atoms with Crippen molar-refractivity contribution in [2.75, 3.05) is 39.1 Å². The molecule has 1 amide bonds. The van der Waals surface area contributed by atoms with Crippen molar-refractivity contribution >= 4 is 11.7 Å². The van der Waals surface area contributed by atoms with Crippen LogP contribution in [-0.4, -0.2) is 55.2 Å². The highest BCUT2D eigenvalue weighted by molar-refractivity contribution is 5.99. The number of carbonyl (C=O) groups excluding carboxylic acids is 1. The van der Waals surface area contributed by atoms with Crippen molar-refractivity contribution in [3.8, 4) is 11.1 Å². The third-order valence-corrected chi connectivity index (χ3v) is 6.70. The Labute approximate surface area is 185 Å². The van der Waals surface area contributed by atoms with Gasteiger partial charge in [0.05, 0.1) is 12.2 Å². The van der Waals surface area contributed by atoms with Crippen LogP contribution in [0.3, 0.4) is 0 Å². The van der Waals surface area contributed by atoms with Crippen LogP contribution in [0, 0.1) is 0 Å². The lowest BCUT2D eigenvalue weighted by molar-refractivity contribution is 0.0928. The number of pyridine rings is 1. The van der Waals surface area contributed by atoms with Crippen LogP contribution in [0.5, 0.6) is 0 Å². The van der Waals surface area contributed by atoms with E-state index in [1.165, 1.54) is 31.2 Å². The molecule has 1 aliphatic heterocycles. The largest absolute Gasteiger partial charge is 0.383 e. The molecule has 4 rings (SSSR count). The number of amides is 1. The molecule has 3 N–H and O–H groups in total. The number of nitrogens with one attached hydrogen (secondary N) is 1. The van der Waals surface area contributed by atoms with E-state index in [0.717, 1.165) is 50.2 Å². The van der Waals surface area contributed by atoms with Gasteiger partial charge in [0.15, 0.2) is 0 Å². The van der Waals surface area contributed by atoms with Crippen molar-refractivity contribution in [2.45, 2.75) is 50.5 Å². The second-order valence-corrected chi connectivity index (χ2v) is 8.87. The molecule has 1 saturated heterocycles. The van der Waals surface area contributed by atoms with Gasteiger partial charge in [0.2, 0.25) is 0 Å². The van der Waals surface area contributed by atoms with E-state index in [9.17, 15) is 4.79 Å². The van der Waals surface area contributed by atoms with E-state index in [1.807, 2.05) is 6.07 Å². The molecule has 1 atom stereocenters. The molecule has 2 aromatic rings. The summed E-state index contributed by atoms with van der Waals surface area (Å²) in [5.41, 5.74) is 9.85. The molecule has 6 heteroatoms. The lowest BCUT2D eigenvalue weighted by Crippen LogP contribution is -2.36. The number of hydrogen-bond acceptors (Lipinski definition) is 5. The molecule has 0 spiro atoms. The first-order chi connectivity index (χ1) is 15.1. The first kappa shape index (κ1) is 21.8. The van der Waals surface area contributed by atoms with E-state index >= 15 is 0 Å². The zero-order valence-electron chi connectivity index (χ0n) is 18.5. The smallest absolute Gasteiger partial charge is 0.255 e. The highest BCUT2D eigenvalue weighted by atomic mass is 16.5. The molecule has 2 heterocycles. The third kappa shape index (κ3) is 5.43. The first-order valence-corrected chi connectivity index (χ1v) is 11.5. The van der Waals surface area contributed by atoms with E-state index < -0.39 is 0 Å². The maximum atomic E-state index is 12.8. The Hall–Kier alpha value is -2.44. The SMILES string of the molecule is COCCN1CCC(c2ccc(-c3cnc(N)c(C(=O)NC4CCCCC4)c3)cc2)C1. The van der Waals surface area contributed by atoms with Crippen LogP contribution in [-0.2, 0) is 4.74 Å². The topological polar surface area (TPSA) is 80.5 Å². The second-order valence-electron chi connectivity index (χ2n) is 8.87. The van der Waals surface area contributed by atoms with E-state index in [4.69, 9.17) is 10.5 Å². The standard InChI is InChI=1S/C25H34N4O2/c1-31-14-13-29-12-11-20(17-29)18-7-9-19(10-8-18)21-15-23(24(26)27-16-21)25(30)28-22-5-3-2-4-6-22/h7-10,15-16,20,22H,2-6,11-14,17H2,1H3,(H2,26,27)(H,28,30). The molecular formula is C25H34N4O2. The molecule has 31 heavy (non-hydrogen) atoms. The number of rotatable bonds is 7. The van der Waals surface area contributed by atoms with E-state index in [2.05, 4.69) is 39.5 Å². The normalized spacial score (nSPS) is 20.1. The number of nitrogens with zero attached hydrogens (tertiary/aromatic N) is 2. The second kappa shape index (κ2) is 10.2. The number of methoxy groups -OCH3 is 1.